The van der Waals surface area contributed by atoms with Gasteiger partial charge in [-0.05, 0) is 12.3 Å². The zero-order valence-corrected chi connectivity index (χ0v) is 14.0. The zero-order chi connectivity index (χ0) is 19.2. The Morgan fingerprint density at radius 3 is 2.54 bits per heavy atom. The van der Waals surface area contributed by atoms with E-state index in [0.29, 0.717) is 0 Å². The smallest absolute Gasteiger partial charge is 0.205 e. The van der Waals surface area contributed by atoms with Crippen molar-refractivity contribution in [3.63, 3.8) is 0 Å². The van der Waals surface area contributed by atoms with Gasteiger partial charge in [-0.15, -0.1) is 0 Å². The Kier molecular flexibility index (Phi) is 5.54. The third-order valence-electron chi connectivity index (χ3n) is 5.57. The van der Waals surface area contributed by atoms with Gasteiger partial charge >= 0.3 is 0 Å². The molecule has 148 valence electrons. The summed E-state index contributed by atoms with van der Waals surface area (Å²) in [4.78, 5) is 11.3. The summed E-state index contributed by atoms with van der Waals surface area (Å²) in [5, 5.41) is 60.4. The first-order valence-electron chi connectivity index (χ1n) is 8.47. The molecule has 0 radical (unpaired) electrons. The molecule has 2 heterocycles. The van der Waals surface area contributed by atoms with Crippen molar-refractivity contribution in [1.29, 1.82) is 0 Å². The van der Waals surface area contributed by atoms with Crippen molar-refractivity contribution < 1.29 is 49.6 Å². The van der Waals surface area contributed by atoms with Crippen LogP contribution in [0.3, 0.4) is 0 Å². The maximum Gasteiger partial charge on any atom is 0.205 e. The molecular weight excluding hydrogens is 352 g/mol. The van der Waals surface area contributed by atoms with E-state index in [1.165, 1.54) is 0 Å². The highest BCUT2D eigenvalue weighted by Gasteiger charge is 2.52. The molecule has 1 saturated heterocycles. The van der Waals surface area contributed by atoms with E-state index in [4.69, 9.17) is 14.2 Å². The van der Waals surface area contributed by atoms with Gasteiger partial charge in [-0.2, -0.15) is 0 Å². The maximum absolute atomic E-state index is 11.3. The monoisotopic (exact) mass is 375 g/mol. The molecule has 10 nitrogen and oxygen atoms in total. The summed E-state index contributed by atoms with van der Waals surface area (Å²) in [6.07, 6.45) is -7.93. The molecule has 2 aliphatic heterocycles. The second-order valence-corrected chi connectivity index (χ2v) is 7.04. The molecule has 0 spiro atoms. The van der Waals surface area contributed by atoms with Crippen LogP contribution in [-0.4, -0.2) is 81.2 Å². The molecule has 1 saturated carbocycles. The molecule has 0 aromatic carbocycles. The van der Waals surface area contributed by atoms with Crippen molar-refractivity contribution in [3.05, 3.63) is 11.8 Å². The lowest BCUT2D eigenvalue weighted by Crippen LogP contribution is -2.60. The summed E-state index contributed by atoms with van der Waals surface area (Å²) in [6, 6.07) is 0. The highest BCUT2D eigenvalue weighted by atomic mass is 16.8. The van der Waals surface area contributed by atoms with Gasteiger partial charge in [0.05, 0.1) is 24.9 Å². The van der Waals surface area contributed by atoms with Crippen LogP contribution in [0.15, 0.2) is 11.8 Å². The SMILES string of the molecule is CC1C(O)CC2C(C(=O)[O-])=COC(OC3OC(CO)C(O)C(O)C3O)C21. The molecule has 2 fully saturated rings. The minimum absolute atomic E-state index is 0.0768. The Morgan fingerprint density at radius 1 is 1.23 bits per heavy atom. The van der Waals surface area contributed by atoms with E-state index >= 15 is 0 Å². The normalized spacial score (nSPS) is 48.5. The van der Waals surface area contributed by atoms with Crippen molar-refractivity contribution in [2.24, 2.45) is 17.8 Å². The Morgan fingerprint density at radius 2 is 1.92 bits per heavy atom. The minimum atomic E-state index is -1.61. The quantitative estimate of drug-likeness (QED) is 0.331. The van der Waals surface area contributed by atoms with Gasteiger partial charge in [0, 0.05) is 17.4 Å². The number of carboxylic acids is 1. The fraction of sp³-hybridized carbons (Fsp3) is 0.812. The number of aliphatic hydroxyl groups is 5. The van der Waals surface area contributed by atoms with E-state index in [9.17, 15) is 35.4 Å². The first-order chi connectivity index (χ1) is 12.3. The standard InChI is InChI=1S/C16H24O10/c1-5-8(18)2-6-7(14(22)23)4-24-15(10(5)6)26-16-13(21)12(20)11(19)9(3-17)25-16/h4-6,8-13,15-21H,2-3H2,1H3,(H,22,23)/p-1. The average Bonchev–Trinajstić information content (AvgIpc) is 2.90. The molecule has 3 rings (SSSR count). The molecule has 0 aromatic rings. The van der Waals surface area contributed by atoms with Crippen LogP contribution in [0.1, 0.15) is 13.3 Å². The lowest BCUT2D eigenvalue weighted by atomic mass is 9.83. The minimum Gasteiger partial charge on any atom is -0.545 e. The Labute approximate surface area is 149 Å². The molecule has 10 atom stereocenters. The van der Waals surface area contributed by atoms with Crippen molar-refractivity contribution in [1.82, 2.24) is 0 Å². The molecule has 3 aliphatic rings. The van der Waals surface area contributed by atoms with Crippen molar-refractivity contribution >= 4 is 5.97 Å². The van der Waals surface area contributed by atoms with Crippen LogP contribution in [0, 0.1) is 17.8 Å². The fourth-order valence-corrected chi connectivity index (χ4v) is 3.98. The van der Waals surface area contributed by atoms with Crippen LogP contribution < -0.4 is 5.11 Å². The molecular formula is C16H23O10-. The number of carbonyl (C=O) groups excluding carboxylic acids is 1. The van der Waals surface area contributed by atoms with Crippen LogP contribution in [-0.2, 0) is 19.0 Å². The van der Waals surface area contributed by atoms with E-state index in [-0.39, 0.29) is 17.9 Å². The molecule has 26 heavy (non-hydrogen) atoms. The first-order valence-corrected chi connectivity index (χ1v) is 8.47. The van der Waals surface area contributed by atoms with Gasteiger partial charge in [-0.3, -0.25) is 0 Å². The number of aliphatic hydroxyl groups excluding tert-OH is 5. The Bertz CT molecular complexity index is 563. The number of ether oxygens (including phenoxy) is 3. The van der Waals surface area contributed by atoms with Crippen LogP contribution in [0.5, 0.6) is 0 Å². The summed E-state index contributed by atoms with van der Waals surface area (Å²) in [6.45, 7) is 1.12. The van der Waals surface area contributed by atoms with Gasteiger partial charge in [0.2, 0.25) is 6.29 Å². The number of fused-ring (bicyclic) bond motifs is 1. The Balaban J connectivity index is 1.79. The van der Waals surface area contributed by atoms with Crippen molar-refractivity contribution in [2.45, 2.75) is 56.4 Å². The number of carbonyl (C=O) groups is 1. The second kappa shape index (κ2) is 7.39. The van der Waals surface area contributed by atoms with Crippen LogP contribution in [0.25, 0.3) is 0 Å². The molecule has 0 aromatic heterocycles. The highest BCUT2D eigenvalue weighted by molar-refractivity contribution is 5.85. The molecule has 10 heteroatoms. The van der Waals surface area contributed by atoms with E-state index in [1.807, 2.05) is 0 Å². The van der Waals surface area contributed by atoms with Crippen molar-refractivity contribution in [3.8, 4) is 0 Å². The predicted molar refractivity (Wildman–Crippen MR) is 79.6 cm³/mol. The summed E-state index contributed by atoms with van der Waals surface area (Å²) in [5.41, 5.74) is -0.0768. The topological polar surface area (TPSA) is 169 Å². The van der Waals surface area contributed by atoms with E-state index in [0.717, 1.165) is 6.26 Å². The predicted octanol–water partition coefficient (Wildman–Crippen LogP) is -3.57. The van der Waals surface area contributed by atoms with E-state index < -0.39 is 67.5 Å². The summed E-state index contributed by atoms with van der Waals surface area (Å²) >= 11 is 0. The molecule has 0 amide bonds. The van der Waals surface area contributed by atoms with Gasteiger partial charge in [-0.1, -0.05) is 6.92 Å². The van der Waals surface area contributed by atoms with Gasteiger partial charge < -0.3 is 49.6 Å². The largest absolute Gasteiger partial charge is 0.545 e. The van der Waals surface area contributed by atoms with Gasteiger partial charge in [0.1, 0.15) is 24.4 Å². The van der Waals surface area contributed by atoms with E-state index in [2.05, 4.69) is 0 Å². The third-order valence-corrected chi connectivity index (χ3v) is 5.57. The van der Waals surface area contributed by atoms with Gasteiger partial charge in [0.15, 0.2) is 6.29 Å². The molecule has 5 N–H and O–H groups in total. The van der Waals surface area contributed by atoms with Crippen molar-refractivity contribution in [2.75, 3.05) is 6.61 Å². The number of rotatable bonds is 4. The van der Waals surface area contributed by atoms with E-state index in [1.54, 1.807) is 6.92 Å². The number of hydrogen-bond donors (Lipinski definition) is 5. The summed E-state index contributed by atoms with van der Waals surface area (Å²) in [5.74, 6) is -2.87. The van der Waals surface area contributed by atoms with Crippen LogP contribution in [0.4, 0.5) is 0 Å². The third kappa shape index (κ3) is 3.22. The van der Waals surface area contributed by atoms with Gasteiger partial charge in [0.25, 0.3) is 0 Å². The highest BCUT2D eigenvalue weighted by Crippen LogP contribution is 2.47. The number of carboxylic acid groups (broad SMARTS) is 1. The average molecular weight is 375 g/mol. The second-order valence-electron chi connectivity index (χ2n) is 7.04. The zero-order valence-electron chi connectivity index (χ0n) is 14.0. The van der Waals surface area contributed by atoms with Crippen LogP contribution in [0.2, 0.25) is 0 Å². The first kappa shape index (κ1) is 19.5. The lowest BCUT2D eigenvalue weighted by molar-refractivity contribution is -0.343. The summed E-state index contributed by atoms with van der Waals surface area (Å²) < 4.78 is 16.3. The number of hydrogen-bond acceptors (Lipinski definition) is 10. The van der Waals surface area contributed by atoms with Crippen LogP contribution >= 0.6 is 0 Å². The molecule has 1 aliphatic carbocycles. The van der Waals surface area contributed by atoms with Gasteiger partial charge in [-0.25, -0.2) is 0 Å². The fourth-order valence-electron chi connectivity index (χ4n) is 3.98. The lowest BCUT2D eigenvalue weighted by Gasteiger charge is -2.43. The Hall–Kier alpha value is -1.27. The number of aliphatic carboxylic acids is 1. The molecule has 0 bridgehead atoms. The maximum atomic E-state index is 11.3. The summed E-state index contributed by atoms with van der Waals surface area (Å²) in [7, 11) is 0. The molecule has 10 unspecified atom stereocenters.